The van der Waals surface area contributed by atoms with Crippen molar-refractivity contribution in [3.8, 4) is 0 Å². The highest BCUT2D eigenvalue weighted by molar-refractivity contribution is 8.18. The van der Waals surface area contributed by atoms with Crippen molar-refractivity contribution in [2.45, 2.75) is 0 Å². The second-order valence-corrected chi connectivity index (χ2v) is 7.66. The Hall–Kier alpha value is -3.65. The molecule has 3 amide bonds. The van der Waals surface area contributed by atoms with E-state index < -0.39 is 36.1 Å². The third kappa shape index (κ3) is 3.77. The molecule has 2 N–H and O–H groups in total. The third-order valence-electron chi connectivity index (χ3n) is 4.70. The van der Waals surface area contributed by atoms with Crippen molar-refractivity contribution in [1.29, 1.82) is 0 Å². The van der Waals surface area contributed by atoms with Crippen LogP contribution in [0, 0.1) is 0 Å². The Kier molecular flexibility index (Phi) is 5.24. The summed E-state index contributed by atoms with van der Waals surface area (Å²) in [7, 11) is 0. The van der Waals surface area contributed by atoms with Crippen LogP contribution in [0.15, 0.2) is 59.5 Å². The second kappa shape index (κ2) is 8.00. The molecule has 1 heterocycles. The minimum Gasteiger partial charge on any atom is -0.480 e. The Bertz CT molecular complexity index is 1200. The summed E-state index contributed by atoms with van der Waals surface area (Å²) in [6.45, 7) is -1.10. The Morgan fingerprint density at radius 2 is 1.60 bits per heavy atom. The maximum Gasteiger partial charge on any atom is 0.322 e. The summed E-state index contributed by atoms with van der Waals surface area (Å²) in [5.74, 6) is -2.50. The van der Waals surface area contributed by atoms with Crippen molar-refractivity contribution in [2.75, 3.05) is 13.1 Å². The number of nitrogens with zero attached hydrogens (tertiary/aromatic N) is 1. The Morgan fingerprint density at radius 1 is 1.00 bits per heavy atom. The molecule has 3 aromatic carbocycles. The van der Waals surface area contributed by atoms with Crippen LogP contribution in [0.25, 0.3) is 27.6 Å². The molecule has 0 radical (unpaired) electrons. The van der Waals surface area contributed by atoms with Crippen LogP contribution < -0.4 is 5.32 Å². The number of carbonyl (C=O) groups is 4. The fourth-order valence-electron chi connectivity index (χ4n) is 3.35. The fourth-order valence-corrected chi connectivity index (χ4v) is 4.17. The summed E-state index contributed by atoms with van der Waals surface area (Å²) in [5.41, 5.74) is 0.824. The van der Waals surface area contributed by atoms with Crippen molar-refractivity contribution in [1.82, 2.24) is 10.2 Å². The molecule has 0 unspecified atom stereocenters. The average molecular weight is 420 g/mol. The number of rotatable bonds is 5. The molecule has 1 aliphatic rings. The van der Waals surface area contributed by atoms with Gasteiger partial charge in [-0.3, -0.25) is 24.1 Å². The summed E-state index contributed by atoms with van der Waals surface area (Å²) in [6.07, 6.45) is 1.69. The standard InChI is InChI=1S/C22H16N2O5S/c25-19(23-11-20(26)27)12-24-21(28)18(30-22(24)29)10-17-15-7-3-1-5-13(15)9-14-6-2-4-8-16(14)17/h1-10H,11-12H2,(H,23,25)(H,26,27)/b18-10-. The van der Waals surface area contributed by atoms with Gasteiger partial charge in [0.15, 0.2) is 0 Å². The number of benzene rings is 3. The van der Waals surface area contributed by atoms with Gasteiger partial charge in [-0.15, -0.1) is 0 Å². The van der Waals surface area contributed by atoms with Crippen molar-refractivity contribution in [3.63, 3.8) is 0 Å². The smallest absolute Gasteiger partial charge is 0.322 e. The van der Waals surface area contributed by atoms with Crippen molar-refractivity contribution in [3.05, 3.63) is 65.1 Å². The van der Waals surface area contributed by atoms with Crippen LogP contribution in [0.3, 0.4) is 0 Å². The lowest BCUT2D eigenvalue weighted by Crippen LogP contribution is -2.41. The lowest BCUT2D eigenvalue weighted by Gasteiger charge is -2.12. The normalized spacial score (nSPS) is 15.3. The van der Waals surface area contributed by atoms with Crippen LogP contribution >= 0.6 is 11.8 Å². The highest BCUT2D eigenvalue weighted by Gasteiger charge is 2.36. The van der Waals surface area contributed by atoms with Crippen LogP contribution in [0.4, 0.5) is 4.79 Å². The Balaban J connectivity index is 1.71. The van der Waals surface area contributed by atoms with Gasteiger partial charge in [0.2, 0.25) is 5.91 Å². The predicted molar refractivity (Wildman–Crippen MR) is 115 cm³/mol. The van der Waals surface area contributed by atoms with E-state index in [9.17, 15) is 19.2 Å². The largest absolute Gasteiger partial charge is 0.480 e. The molecule has 0 saturated carbocycles. The third-order valence-corrected chi connectivity index (χ3v) is 5.61. The quantitative estimate of drug-likeness (QED) is 0.485. The number of amides is 3. The average Bonchev–Trinajstić information content (AvgIpc) is 2.99. The number of thioether (sulfide) groups is 1. The fraction of sp³-hybridized carbons (Fsp3) is 0.0909. The summed E-state index contributed by atoms with van der Waals surface area (Å²) in [6, 6.07) is 17.6. The van der Waals surface area contributed by atoms with E-state index in [1.54, 1.807) is 6.08 Å². The number of carbonyl (C=O) groups excluding carboxylic acids is 3. The van der Waals surface area contributed by atoms with Gasteiger partial charge in [0.1, 0.15) is 13.1 Å². The zero-order chi connectivity index (χ0) is 21.3. The number of imide groups is 1. The van der Waals surface area contributed by atoms with Crippen LogP contribution in [-0.2, 0) is 14.4 Å². The number of hydrogen-bond donors (Lipinski definition) is 2. The van der Waals surface area contributed by atoms with Gasteiger partial charge in [-0.2, -0.15) is 0 Å². The zero-order valence-corrected chi connectivity index (χ0v) is 16.4. The van der Waals surface area contributed by atoms with E-state index in [1.807, 2.05) is 48.5 Å². The SMILES string of the molecule is O=C(O)CNC(=O)CN1C(=O)S/C(=C\c2c3ccccc3cc3ccccc23)C1=O. The maximum atomic E-state index is 12.8. The van der Waals surface area contributed by atoms with Crippen LogP contribution in [-0.4, -0.2) is 46.1 Å². The van der Waals surface area contributed by atoms with Crippen molar-refractivity contribution >= 4 is 62.4 Å². The molecule has 0 spiro atoms. The van der Waals surface area contributed by atoms with Gasteiger partial charge in [-0.1, -0.05) is 48.5 Å². The molecule has 0 aromatic heterocycles. The summed E-state index contributed by atoms with van der Waals surface area (Å²) >= 11 is 0.762. The van der Waals surface area contributed by atoms with Gasteiger partial charge >= 0.3 is 5.97 Å². The van der Waals surface area contributed by atoms with E-state index in [0.29, 0.717) is 0 Å². The number of carboxylic acids is 1. The first-order valence-electron chi connectivity index (χ1n) is 9.08. The van der Waals surface area contributed by atoms with Gasteiger partial charge in [-0.25, -0.2) is 0 Å². The summed E-state index contributed by atoms with van der Waals surface area (Å²) in [5, 5.41) is 14.1. The molecule has 3 aromatic rings. The number of fused-ring (bicyclic) bond motifs is 2. The molecule has 1 fully saturated rings. The van der Waals surface area contributed by atoms with E-state index in [0.717, 1.165) is 43.8 Å². The van der Waals surface area contributed by atoms with Crippen LogP contribution in [0.2, 0.25) is 0 Å². The highest BCUT2D eigenvalue weighted by atomic mass is 32.2. The predicted octanol–water partition coefficient (Wildman–Crippen LogP) is 3.23. The van der Waals surface area contributed by atoms with E-state index in [-0.39, 0.29) is 4.91 Å². The maximum absolute atomic E-state index is 12.8. The molecule has 150 valence electrons. The molecule has 1 aliphatic heterocycles. The molecule has 8 heteroatoms. The highest BCUT2D eigenvalue weighted by Crippen LogP contribution is 2.36. The van der Waals surface area contributed by atoms with E-state index in [4.69, 9.17) is 5.11 Å². The first kappa shape index (κ1) is 19.7. The molecule has 0 atom stereocenters. The number of nitrogens with one attached hydrogen (secondary N) is 1. The molecule has 0 bridgehead atoms. The van der Waals surface area contributed by atoms with Crippen LogP contribution in [0.1, 0.15) is 5.56 Å². The second-order valence-electron chi connectivity index (χ2n) is 6.67. The minimum absolute atomic E-state index is 0.215. The number of carboxylic acid groups (broad SMARTS) is 1. The molecule has 0 aliphatic carbocycles. The topological polar surface area (TPSA) is 104 Å². The molecule has 1 saturated heterocycles. The van der Waals surface area contributed by atoms with Gasteiger partial charge < -0.3 is 10.4 Å². The Morgan fingerprint density at radius 3 is 2.20 bits per heavy atom. The monoisotopic (exact) mass is 420 g/mol. The first-order chi connectivity index (χ1) is 14.4. The van der Waals surface area contributed by atoms with Gasteiger partial charge in [0.25, 0.3) is 11.1 Å². The number of aliphatic carboxylic acids is 1. The molecule has 7 nitrogen and oxygen atoms in total. The van der Waals surface area contributed by atoms with E-state index in [1.165, 1.54) is 0 Å². The minimum atomic E-state index is -1.21. The molecular formula is C22H16N2O5S. The molecule has 4 rings (SSSR count). The lowest BCUT2D eigenvalue weighted by atomic mass is 9.96. The molecule has 30 heavy (non-hydrogen) atoms. The van der Waals surface area contributed by atoms with E-state index in [2.05, 4.69) is 11.4 Å². The van der Waals surface area contributed by atoms with Gasteiger partial charge in [0, 0.05) is 0 Å². The van der Waals surface area contributed by atoms with Gasteiger partial charge in [-0.05, 0) is 51.0 Å². The lowest BCUT2D eigenvalue weighted by molar-refractivity contribution is -0.138. The summed E-state index contributed by atoms with van der Waals surface area (Å²) < 4.78 is 0. The van der Waals surface area contributed by atoms with Crippen molar-refractivity contribution < 1.29 is 24.3 Å². The molecular weight excluding hydrogens is 404 g/mol. The van der Waals surface area contributed by atoms with Crippen LogP contribution in [0.5, 0.6) is 0 Å². The Labute approximate surface area is 175 Å². The van der Waals surface area contributed by atoms with Crippen molar-refractivity contribution in [2.24, 2.45) is 0 Å². The summed E-state index contributed by atoms with van der Waals surface area (Å²) in [4.78, 5) is 48.6. The first-order valence-corrected chi connectivity index (χ1v) is 9.90. The number of hydrogen-bond acceptors (Lipinski definition) is 5. The van der Waals surface area contributed by atoms with E-state index >= 15 is 0 Å². The van der Waals surface area contributed by atoms with Gasteiger partial charge in [0.05, 0.1) is 4.91 Å². The zero-order valence-electron chi connectivity index (χ0n) is 15.6.